The molecule has 1 aromatic heterocycles. The largest absolute Gasteiger partial charge is 0.472 e. The predicted octanol–water partition coefficient (Wildman–Crippen LogP) is 2.43. The minimum absolute atomic E-state index is 0.0411. The average Bonchev–Trinajstić information content (AvgIpc) is 3.58. The summed E-state index contributed by atoms with van der Waals surface area (Å²) >= 11 is 0. The van der Waals surface area contributed by atoms with Crippen LogP contribution in [-0.2, 0) is 19.1 Å². The van der Waals surface area contributed by atoms with Crippen LogP contribution in [0.5, 0.6) is 5.75 Å². The Kier molecular flexibility index (Phi) is 7.53. The van der Waals surface area contributed by atoms with Gasteiger partial charge in [0.25, 0.3) is 5.91 Å². The minimum Gasteiger partial charge on any atom is -0.472 e. The van der Waals surface area contributed by atoms with E-state index in [0.717, 1.165) is 5.56 Å². The van der Waals surface area contributed by atoms with Crippen LogP contribution < -0.4 is 15.4 Å². The Morgan fingerprint density at radius 3 is 2.60 bits per heavy atom. The fraction of sp³-hybridized carbons (Fsp3) is 0.467. The number of nitrogens with zero attached hydrogens (tertiary/aromatic N) is 4. The molecule has 42 heavy (non-hydrogen) atoms. The van der Waals surface area contributed by atoms with Crippen molar-refractivity contribution in [3.8, 4) is 11.8 Å². The number of benzene rings is 1. The third kappa shape index (κ3) is 5.11. The number of aromatic nitrogens is 1. The van der Waals surface area contributed by atoms with Gasteiger partial charge < -0.3 is 29.9 Å². The third-order valence-corrected chi connectivity index (χ3v) is 8.20. The number of likely N-dealkylation sites (tertiary alicyclic amines) is 2. The van der Waals surface area contributed by atoms with Crippen molar-refractivity contribution in [3.05, 3.63) is 54.2 Å². The van der Waals surface area contributed by atoms with E-state index in [9.17, 15) is 24.4 Å². The zero-order chi connectivity index (χ0) is 30.2. The van der Waals surface area contributed by atoms with Crippen LogP contribution in [0, 0.1) is 16.7 Å². The van der Waals surface area contributed by atoms with E-state index in [4.69, 9.17) is 9.47 Å². The Bertz CT molecular complexity index is 1440. The van der Waals surface area contributed by atoms with Crippen LogP contribution >= 0.6 is 0 Å². The van der Waals surface area contributed by atoms with Crippen molar-refractivity contribution < 1.29 is 28.7 Å². The van der Waals surface area contributed by atoms with Gasteiger partial charge in [-0.1, -0.05) is 51.1 Å². The van der Waals surface area contributed by atoms with Crippen molar-refractivity contribution in [1.29, 1.82) is 5.26 Å². The first-order valence-electron chi connectivity index (χ1n) is 13.8. The molecule has 0 unspecified atom stereocenters. The molecule has 0 saturated carbocycles. The number of hydrogen-bond acceptors (Lipinski definition) is 8. The van der Waals surface area contributed by atoms with Crippen LogP contribution in [0.2, 0.25) is 0 Å². The Hall–Kier alpha value is -4.66. The van der Waals surface area contributed by atoms with Gasteiger partial charge in [0.1, 0.15) is 18.1 Å². The number of ether oxygens (including phenoxy) is 2. The van der Waals surface area contributed by atoms with Crippen molar-refractivity contribution in [1.82, 2.24) is 20.1 Å². The molecule has 0 bridgehead atoms. The Balaban J connectivity index is 1.50. The minimum atomic E-state index is -1.48. The van der Waals surface area contributed by atoms with Crippen LogP contribution in [0.15, 0.2) is 48.7 Å². The standard InChI is InChI=1S/C30H34N6O6/c1-29(2,3)23(33-28(40)41-4)26(38)35-14-12-20(18-9-6-5-7-10-18)22(35)25(37)36-17-30(15-19(36)16-31)27(39)34-24-21(42-30)11-8-13-32-24/h5-11,13,19-20,22-23H,12,14-15,17H2,1-4H3,(H,33,40)(H,32,34,39)/t19-,20+,22-,23+,30+/m0/s1. The fourth-order valence-electron chi connectivity index (χ4n) is 6.06. The molecule has 4 heterocycles. The van der Waals surface area contributed by atoms with Crippen molar-refractivity contribution in [3.63, 3.8) is 0 Å². The second-order valence-corrected chi connectivity index (χ2v) is 11.9. The molecule has 2 fully saturated rings. The second kappa shape index (κ2) is 11.0. The number of alkyl carbamates (subject to hydrolysis) is 1. The highest BCUT2D eigenvalue weighted by Gasteiger charge is 2.58. The highest BCUT2D eigenvalue weighted by atomic mass is 16.5. The number of hydrogen-bond donors (Lipinski definition) is 2. The van der Waals surface area contributed by atoms with Gasteiger partial charge in [-0.05, 0) is 29.5 Å². The van der Waals surface area contributed by atoms with Crippen LogP contribution in [0.1, 0.15) is 45.1 Å². The Morgan fingerprint density at radius 2 is 1.93 bits per heavy atom. The SMILES string of the molecule is COC(=O)N[C@H](C(=O)N1CC[C@H](c2ccccc2)[C@H]1C(=O)N1C[C@@]2(C[C@H]1C#N)Oc1cccnc1NC2=O)C(C)(C)C. The van der Waals surface area contributed by atoms with E-state index < -0.39 is 53.0 Å². The van der Waals surface area contributed by atoms with E-state index in [1.165, 1.54) is 23.1 Å². The van der Waals surface area contributed by atoms with Crippen LogP contribution in [0.3, 0.4) is 0 Å². The molecule has 0 radical (unpaired) electrons. The van der Waals surface area contributed by atoms with E-state index in [-0.39, 0.29) is 31.2 Å². The second-order valence-electron chi connectivity index (χ2n) is 11.9. The highest BCUT2D eigenvalue weighted by molar-refractivity contribution is 6.01. The average molecular weight is 575 g/mol. The summed E-state index contributed by atoms with van der Waals surface area (Å²) in [6.07, 6.45) is 1.22. The first-order chi connectivity index (χ1) is 20.0. The summed E-state index contributed by atoms with van der Waals surface area (Å²) in [6, 6.07) is 12.0. The maximum absolute atomic E-state index is 14.5. The van der Waals surface area contributed by atoms with E-state index >= 15 is 0 Å². The number of carbonyl (C=O) groups is 4. The van der Waals surface area contributed by atoms with E-state index in [1.54, 1.807) is 12.1 Å². The lowest BCUT2D eigenvalue weighted by atomic mass is 9.85. The van der Waals surface area contributed by atoms with Gasteiger partial charge in [0.15, 0.2) is 11.6 Å². The Morgan fingerprint density at radius 1 is 1.19 bits per heavy atom. The van der Waals surface area contributed by atoms with Crippen LogP contribution in [0.4, 0.5) is 10.6 Å². The predicted molar refractivity (Wildman–Crippen MR) is 150 cm³/mol. The molecule has 1 aromatic carbocycles. The molecule has 4 amide bonds. The topological polar surface area (TPSA) is 154 Å². The third-order valence-electron chi connectivity index (χ3n) is 8.20. The lowest BCUT2D eigenvalue weighted by molar-refractivity contribution is -0.147. The lowest BCUT2D eigenvalue weighted by Crippen LogP contribution is -2.59. The number of nitrogens with one attached hydrogen (secondary N) is 2. The van der Waals surface area contributed by atoms with Gasteiger partial charge in [-0.2, -0.15) is 5.26 Å². The van der Waals surface area contributed by atoms with Crippen molar-refractivity contribution in [2.75, 3.05) is 25.5 Å². The van der Waals surface area contributed by atoms with Crippen molar-refractivity contribution in [2.45, 2.75) is 63.3 Å². The van der Waals surface area contributed by atoms with E-state index in [1.807, 2.05) is 51.1 Å². The molecular formula is C30H34N6O6. The summed E-state index contributed by atoms with van der Waals surface area (Å²) in [5.41, 5.74) is -1.32. The Labute approximate surface area is 244 Å². The molecule has 12 heteroatoms. The molecule has 12 nitrogen and oxygen atoms in total. The zero-order valence-electron chi connectivity index (χ0n) is 24.0. The number of fused-ring (bicyclic) bond motifs is 1. The number of anilines is 1. The van der Waals surface area contributed by atoms with Crippen molar-refractivity contribution >= 4 is 29.6 Å². The number of carbonyl (C=O) groups excluding carboxylic acids is 4. The molecule has 220 valence electrons. The monoisotopic (exact) mass is 574 g/mol. The number of rotatable bonds is 4. The maximum Gasteiger partial charge on any atom is 0.407 e. The fourth-order valence-corrected chi connectivity index (χ4v) is 6.06. The normalized spacial score (nSPS) is 25.6. The highest BCUT2D eigenvalue weighted by Crippen LogP contribution is 2.42. The first kappa shape index (κ1) is 28.9. The molecule has 3 aliphatic rings. The summed E-state index contributed by atoms with van der Waals surface area (Å²) in [4.78, 5) is 61.1. The molecule has 2 aromatic rings. The van der Waals surface area contributed by atoms with E-state index in [2.05, 4.69) is 21.7 Å². The molecule has 1 spiro atoms. The van der Waals surface area contributed by atoms with Gasteiger partial charge in [-0.25, -0.2) is 9.78 Å². The lowest BCUT2D eigenvalue weighted by Gasteiger charge is -2.38. The molecule has 5 rings (SSSR count). The summed E-state index contributed by atoms with van der Waals surface area (Å²) in [7, 11) is 1.22. The van der Waals surface area contributed by atoms with Gasteiger partial charge in [0.05, 0.1) is 19.7 Å². The van der Waals surface area contributed by atoms with Crippen LogP contribution in [-0.4, -0.2) is 82.5 Å². The maximum atomic E-state index is 14.5. The van der Waals surface area contributed by atoms with Crippen molar-refractivity contribution in [2.24, 2.45) is 5.41 Å². The molecule has 3 aliphatic heterocycles. The summed E-state index contributed by atoms with van der Waals surface area (Å²) in [5.74, 6) is -1.13. The molecule has 0 aliphatic carbocycles. The number of pyridine rings is 1. The number of nitriles is 1. The smallest absolute Gasteiger partial charge is 0.407 e. The van der Waals surface area contributed by atoms with Gasteiger partial charge >= 0.3 is 6.09 Å². The quantitative estimate of drug-likeness (QED) is 0.565. The van der Waals surface area contributed by atoms with Gasteiger partial charge in [-0.15, -0.1) is 0 Å². The molecular weight excluding hydrogens is 540 g/mol. The van der Waals surface area contributed by atoms with Gasteiger partial charge in [0, 0.05) is 25.1 Å². The molecule has 5 atom stereocenters. The van der Waals surface area contributed by atoms with E-state index in [0.29, 0.717) is 12.2 Å². The van der Waals surface area contributed by atoms with Gasteiger partial charge in [-0.3, -0.25) is 14.4 Å². The number of methoxy groups -OCH3 is 1. The molecule has 2 N–H and O–H groups in total. The summed E-state index contributed by atoms with van der Waals surface area (Å²) in [5, 5.41) is 15.5. The first-order valence-corrected chi connectivity index (χ1v) is 13.8. The van der Waals surface area contributed by atoms with Gasteiger partial charge in [0.2, 0.25) is 17.4 Å². The summed E-state index contributed by atoms with van der Waals surface area (Å²) < 4.78 is 10.9. The zero-order valence-corrected chi connectivity index (χ0v) is 24.0. The number of amides is 4. The summed E-state index contributed by atoms with van der Waals surface area (Å²) in [6.45, 7) is 5.53. The van der Waals surface area contributed by atoms with Crippen LogP contribution in [0.25, 0.3) is 0 Å². The molecule has 2 saturated heterocycles.